The number of carbonyl (C=O) groups excluding carboxylic acids is 3. The van der Waals surface area contributed by atoms with Crippen molar-refractivity contribution in [1.82, 2.24) is 0 Å². The number of allylic oxidation sites excluding steroid dienone is 18. The highest BCUT2D eigenvalue weighted by Gasteiger charge is 2.19. The predicted octanol–water partition coefficient (Wildman–Crippen LogP) is 23.8. The SMILES string of the molecule is CC/C=C\C/C=C\C/C=C\C/C=C\C/C=C\C/C=C\C/C=C\C/C=C\CCCCCCCCCCCCC(=O)OCC(COC(=O)CCCCCCC/C=C\CCCC)OC(=O)CCCCCCCCCCCCCCCCCCC. The molecule has 0 rings (SSSR count). The fourth-order valence-corrected chi connectivity index (χ4v) is 9.62. The summed E-state index contributed by atoms with van der Waals surface area (Å²) in [5.41, 5.74) is 0. The van der Waals surface area contributed by atoms with E-state index in [1.165, 1.54) is 173 Å². The van der Waals surface area contributed by atoms with Crippen LogP contribution in [0.5, 0.6) is 0 Å². The summed E-state index contributed by atoms with van der Waals surface area (Å²) in [5, 5.41) is 0. The summed E-state index contributed by atoms with van der Waals surface area (Å²) in [6, 6.07) is 0. The molecule has 464 valence electrons. The summed E-state index contributed by atoms with van der Waals surface area (Å²) in [7, 11) is 0. The Balaban J connectivity index is 4.18. The minimum atomic E-state index is -0.781. The van der Waals surface area contributed by atoms with E-state index in [0.29, 0.717) is 19.3 Å². The van der Waals surface area contributed by atoms with Crippen LogP contribution in [0.1, 0.15) is 329 Å². The molecule has 0 aromatic heterocycles. The largest absolute Gasteiger partial charge is 0.462 e. The van der Waals surface area contributed by atoms with Gasteiger partial charge in [-0.1, -0.05) is 316 Å². The summed E-state index contributed by atoms with van der Waals surface area (Å²) in [4.78, 5) is 38.3. The van der Waals surface area contributed by atoms with Crippen molar-refractivity contribution in [2.45, 2.75) is 335 Å². The first kappa shape index (κ1) is 77.1. The van der Waals surface area contributed by atoms with E-state index in [4.69, 9.17) is 14.2 Å². The van der Waals surface area contributed by atoms with Gasteiger partial charge >= 0.3 is 17.9 Å². The lowest BCUT2D eigenvalue weighted by Gasteiger charge is -2.18. The molecule has 0 heterocycles. The van der Waals surface area contributed by atoms with E-state index in [9.17, 15) is 14.4 Å². The molecular weight excluding hydrogens is 997 g/mol. The van der Waals surface area contributed by atoms with E-state index >= 15 is 0 Å². The molecule has 6 heteroatoms. The zero-order valence-electron chi connectivity index (χ0n) is 53.3. The van der Waals surface area contributed by atoms with Crippen molar-refractivity contribution in [2.24, 2.45) is 0 Å². The second kappa shape index (κ2) is 68.6. The molecule has 0 aromatic rings. The molecule has 0 saturated carbocycles. The van der Waals surface area contributed by atoms with Gasteiger partial charge in [-0.25, -0.2) is 0 Å². The highest BCUT2D eigenvalue weighted by atomic mass is 16.6. The average Bonchev–Trinajstić information content (AvgIpc) is 3.47. The topological polar surface area (TPSA) is 78.9 Å². The van der Waals surface area contributed by atoms with Crippen LogP contribution < -0.4 is 0 Å². The lowest BCUT2D eigenvalue weighted by Crippen LogP contribution is -2.30. The maximum Gasteiger partial charge on any atom is 0.306 e. The van der Waals surface area contributed by atoms with Gasteiger partial charge in [0.05, 0.1) is 0 Å². The predicted molar refractivity (Wildman–Crippen MR) is 353 cm³/mol. The van der Waals surface area contributed by atoms with Gasteiger partial charge in [0.1, 0.15) is 13.2 Å². The molecular formula is C75H128O6. The molecule has 1 unspecified atom stereocenters. The van der Waals surface area contributed by atoms with Crippen LogP contribution in [0, 0.1) is 0 Å². The number of hydrogen-bond acceptors (Lipinski definition) is 6. The molecule has 0 saturated heterocycles. The maximum atomic E-state index is 12.9. The Morgan fingerprint density at radius 2 is 0.494 bits per heavy atom. The quantitative estimate of drug-likeness (QED) is 0.0261. The highest BCUT2D eigenvalue weighted by Crippen LogP contribution is 2.17. The summed E-state index contributed by atoms with van der Waals surface area (Å²) < 4.78 is 16.9. The fourth-order valence-electron chi connectivity index (χ4n) is 9.62. The van der Waals surface area contributed by atoms with Gasteiger partial charge in [0.15, 0.2) is 6.10 Å². The van der Waals surface area contributed by atoms with Crippen molar-refractivity contribution < 1.29 is 28.6 Å². The smallest absolute Gasteiger partial charge is 0.306 e. The number of ether oxygens (including phenoxy) is 3. The minimum absolute atomic E-state index is 0.0796. The van der Waals surface area contributed by atoms with E-state index in [-0.39, 0.29) is 31.1 Å². The number of rotatable bonds is 62. The zero-order chi connectivity index (χ0) is 58.5. The van der Waals surface area contributed by atoms with Gasteiger partial charge in [-0.3, -0.25) is 14.4 Å². The Labute approximate surface area is 501 Å². The lowest BCUT2D eigenvalue weighted by atomic mass is 10.0. The monoisotopic (exact) mass is 1120 g/mol. The number of carbonyl (C=O) groups is 3. The van der Waals surface area contributed by atoms with Crippen molar-refractivity contribution in [3.63, 3.8) is 0 Å². The van der Waals surface area contributed by atoms with Gasteiger partial charge in [0.25, 0.3) is 0 Å². The van der Waals surface area contributed by atoms with Crippen LogP contribution in [0.2, 0.25) is 0 Å². The molecule has 81 heavy (non-hydrogen) atoms. The minimum Gasteiger partial charge on any atom is -0.462 e. The molecule has 1 atom stereocenters. The van der Waals surface area contributed by atoms with E-state index in [1.54, 1.807) is 0 Å². The van der Waals surface area contributed by atoms with Crippen molar-refractivity contribution >= 4 is 17.9 Å². The maximum absolute atomic E-state index is 12.9. The van der Waals surface area contributed by atoms with Gasteiger partial charge in [-0.05, 0) is 103 Å². The molecule has 0 N–H and O–H groups in total. The first-order valence-corrected chi connectivity index (χ1v) is 34.4. The number of unbranched alkanes of at least 4 members (excludes halogenated alkanes) is 33. The van der Waals surface area contributed by atoms with Crippen LogP contribution in [0.25, 0.3) is 0 Å². The Hall–Kier alpha value is -3.93. The molecule has 0 spiro atoms. The van der Waals surface area contributed by atoms with Crippen molar-refractivity contribution in [2.75, 3.05) is 13.2 Å². The standard InChI is InChI=1S/C75H128O6/c1-4-7-10-13-16-19-22-24-26-28-29-30-31-32-33-34-35-36-37-38-39-40-41-42-43-44-45-47-48-50-53-56-59-62-65-68-74(77)80-71-72(70-79-73(76)67-64-61-58-55-52-21-18-15-12-9-6-3)81-75(78)69-66-63-60-57-54-51-49-46-27-25-23-20-17-14-11-8-5-2/h7,10,15-16,18-19,24,26,29-30,32-33,35-36,38-39,41-42,72H,4-6,8-9,11-14,17,20-23,25,27-28,31,34,37,40,43-71H2,1-3H3/b10-7-,18-15-,19-16-,26-24-,30-29-,33-32-,36-35-,39-38-,42-41-. The molecule has 0 amide bonds. The van der Waals surface area contributed by atoms with Crippen molar-refractivity contribution in [3.8, 4) is 0 Å². The Morgan fingerprint density at radius 1 is 0.259 bits per heavy atom. The van der Waals surface area contributed by atoms with Crippen molar-refractivity contribution in [1.29, 1.82) is 0 Å². The molecule has 0 fully saturated rings. The molecule has 0 radical (unpaired) electrons. The highest BCUT2D eigenvalue weighted by molar-refractivity contribution is 5.71. The van der Waals surface area contributed by atoms with Gasteiger partial charge in [-0.2, -0.15) is 0 Å². The molecule has 0 aliphatic rings. The molecule has 6 nitrogen and oxygen atoms in total. The first-order valence-electron chi connectivity index (χ1n) is 34.4. The number of hydrogen-bond donors (Lipinski definition) is 0. The van der Waals surface area contributed by atoms with E-state index in [0.717, 1.165) is 116 Å². The molecule has 0 aromatic carbocycles. The normalized spacial score (nSPS) is 12.8. The lowest BCUT2D eigenvalue weighted by molar-refractivity contribution is -0.167. The summed E-state index contributed by atoms with van der Waals surface area (Å²) in [6.45, 7) is 6.51. The first-order chi connectivity index (χ1) is 40.0. The second-order valence-corrected chi connectivity index (χ2v) is 22.7. The van der Waals surface area contributed by atoms with E-state index in [2.05, 4.69) is 130 Å². The third-order valence-corrected chi connectivity index (χ3v) is 14.8. The zero-order valence-corrected chi connectivity index (χ0v) is 53.3. The van der Waals surface area contributed by atoms with Crippen LogP contribution in [0.4, 0.5) is 0 Å². The van der Waals surface area contributed by atoms with E-state index < -0.39 is 6.10 Å². The molecule has 0 bridgehead atoms. The van der Waals surface area contributed by atoms with Gasteiger partial charge in [0.2, 0.25) is 0 Å². The van der Waals surface area contributed by atoms with E-state index in [1.807, 2.05) is 0 Å². The summed E-state index contributed by atoms with van der Waals surface area (Å²) in [6.07, 6.45) is 94.0. The van der Waals surface area contributed by atoms with Crippen LogP contribution >= 0.6 is 0 Å². The number of esters is 3. The Bertz CT molecular complexity index is 1620. The Kier molecular flexibility index (Phi) is 65.2. The Morgan fingerprint density at radius 3 is 0.802 bits per heavy atom. The average molecular weight is 1130 g/mol. The molecule has 0 aliphatic carbocycles. The third kappa shape index (κ3) is 66.8. The van der Waals surface area contributed by atoms with Gasteiger partial charge in [-0.15, -0.1) is 0 Å². The fraction of sp³-hybridized carbons (Fsp3) is 0.720. The van der Waals surface area contributed by atoms with Gasteiger partial charge in [0, 0.05) is 19.3 Å². The van der Waals surface area contributed by atoms with Crippen LogP contribution in [0.15, 0.2) is 109 Å². The van der Waals surface area contributed by atoms with Gasteiger partial charge < -0.3 is 14.2 Å². The third-order valence-electron chi connectivity index (χ3n) is 14.8. The van der Waals surface area contributed by atoms with Crippen molar-refractivity contribution in [3.05, 3.63) is 109 Å². The van der Waals surface area contributed by atoms with Crippen LogP contribution in [-0.4, -0.2) is 37.2 Å². The summed E-state index contributed by atoms with van der Waals surface area (Å²) in [5.74, 6) is -0.880. The molecule has 0 aliphatic heterocycles. The van der Waals surface area contributed by atoms with Crippen LogP contribution in [-0.2, 0) is 28.6 Å². The van der Waals surface area contributed by atoms with Crippen LogP contribution in [0.3, 0.4) is 0 Å². The second-order valence-electron chi connectivity index (χ2n) is 22.7. The summed E-state index contributed by atoms with van der Waals surface area (Å²) >= 11 is 0.